The topological polar surface area (TPSA) is 141 Å². The molecule has 0 aliphatic rings. The predicted molar refractivity (Wildman–Crippen MR) is 114 cm³/mol. The molecule has 0 spiro atoms. The smallest absolute Gasteiger partial charge is 0.244 e. The van der Waals surface area contributed by atoms with Gasteiger partial charge in [0.05, 0.1) is 5.69 Å². The molecule has 3 N–H and O–H groups in total. The number of aryl methyl sites for hydroxylation is 1. The lowest BCUT2D eigenvalue weighted by molar-refractivity contribution is -0.116. The molecule has 0 fully saturated rings. The Morgan fingerprint density at radius 1 is 1.27 bits per heavy atom. The second-order valence-corrected chi connectivity index (χ2v) is 6.26. The molecule has 30 heavy (non-hydrogen) atoms. The molecule has 0 aliphatic heterocycles. The highest BCUT2D eigenvalue weighted by atomic mass is 16.3. The number of aromatic hydroxyl groups is 1. The molecule has 0 bridgehead atoms. The number of aliphatic hydroxyl groups excluding tert-OH is 1. The van der Waals surface area contributed by atoms with Crippen molar-refractivity contribution in [2.45, 2.75) is 46.7 Å². The van der Waals surface area contributed by atoms with E-state index in [4.69, 9.17) is 0 Å². The summed E-state index contributed by atoms with van der Waals surface area (Å²) >= 11 is 0. The highest BCUT2D eigenvalue weighted by Gasteiger charge is 2.12. The average molecular weight is 414 g/mol. The number of nitroso groups, excluding NO2 is 2. The fraction of sp³-hybridized carbons (Fsp3) is 0.333. The van der Waals surface area contributed by atoms with Crippen LogP contribution in [0.4, 0.5) is 0 Å². The molecular weight excluding hydrogens is 388 g/mol. The predicted octanol–water partition coefficient (Wildman–Crippen LogP) is 4.37. The first-order valence-corrected chi connectivity index (χ1v) is 9.37. The maximum Gasteiger partial charge on any atom is 0.244 e. The summed E-state index contributed by atoms with van der Waals surface area (Å²) < 4.78 is 0. The van der Waals surface area contributed by atoms with Crippen molar-refractivity contribution >= 4 is 5.91 Å². The summed E-state index contributed by atoms with van der Waals surface area (Å²) in [5.74, 6) is -0.659. The van der Waals surface area contributed by atoms with Crippen molar-refractivity contribution in [3.63, 3.8) is 0 Å². The van der Waals surface area contributed by atoms with Crippen molar-refractivity contribution in [1.82, 2.24) is 10.3 Å². The Hall–Kier alpha value is -3.62. The minimum absolute atomic E-state index is 0.0236. The molecule has 1 aromatic rings. The highest BCUT2D eigenvalue weighted by Crippen LogP contribution is 2.24. The molecule has 160 valence electrons. The summed E-state index contributed by atoms with van der Waals surface area (Å²) in [4.78, 5) is 37.2. The molecule has 0 unspecified atom stereocenters. The molecule has 1 heterocycles. The zero-order valence-corrected chi connectivity index (χ0v) is 17.3. The number of aromatic nitrogens is 1. The molecule has 0 saturated heterocycles. The van der Waals surface area contributed by atoms with Crippen LogP contribution in [-0.2, 0) is 17.9 Å². The SMILES string of the molecule is C/C=C(N=O)\C(O)=C/C/C=C(/C=C/C(=O)NCc1c(CN=O)cnc(C)c1O)CC. The number of hydrogen-bond acceptors (Lipinski definition) is 8. The number of nitrogens with zero attached hydrogens (tertiary/aromatic N) is 3. The Kier molecular flexibility index (Phi) is 10.4. The quantitative estimate of drug-likeness (QED) is 0.212. The number of pyridine rings is 1. The van der Waals surface area contributed by atoms with E-state index in [0.717, 1.165) is 5.57 Å². The second-order valence-electron chi connectivity index (χ2n) is 6.26. The van der Waals surface area contributed by atoms with E-state index in [1.807, 2.05) is 13.0 Å². The molecule has 0 atom stereocenters. The lowest BCUT2D eigenvalue weighted by atomic mass is 10.1. The summed E-state index contributed by atoms with van der Waals surface area (Å²) in [7, 11) is 0. The van der Waals surface area contributed by atoms with Crippen molar-refractivity contribution in [2.75, 3.05) is 0 Å². The lowest BCUT2D eigenvalue weighted by Crippen LogP contribution is -2.21. The first kappa shape index (κ1) is 24.4. The van der Waals surface area contributed by atoms with E-state index < -0.39 is 0 Å². The second kappa shape index (κ2) is 12.8. The van der Waals surface area contributed by atoms with Crippen LogP contribution in [0.2, 0.25) is 0 Å². The van der Waals surface area contributed by atoms with Gasteiger partial charge in [-0.15, -0.1) is 4.91 Å². The molecule has 0 radical (unpaired) electrons. The summed E-state index contributed by atoms with van der Waals surface area (Å²) in [6.45, 7) is 5.00. The number of allylic oxidation sites excluding steroid dienone is 5. The van der Waals surface area contributed by atoms with E-state index in [-0.39, 0.29) is 36.2 Å². The van der Waals surface area contributed by atoms with E-state index >= 15 is 0 Å². The molecule has 1 aromatic heterocycles. The number of nitrogens with one attached hydrogen (secondary N) is 1. The van der Waals surface area contributed by atoms with Gasteiger partial charge < -0.3 is 15.5 Å². The number of rotatable bonds is 11. The van der Waals surface area contributed by atoms with Crippen LogP contribution in [-0.4, -0.2) is 21.1 Å². The fourth-order valence-electron chi connectivity index (χ4n) is 2.51. The normalized spacial score (nSPS) is 12.8. The van der Waals surface area contributed by atoms with Crippen molar-refractivity contribution in [3.8, 4) is 5.75 Å². The maximum atomic E-state index is 12.1. The van der Waals surface area contributed by atoms with Crippen LogP contribution >= 0.6 is 0 Å². The minimum atomic E-state index is -0.382. The van der Waals surface area contributed by atoms with Gasteiger partial charge in [-0.05, 0) is 37.9 Å². The van der Waals surface area contributed by atoms with Gasteiger partial charge in [0.25, 0.3) is 0 Å². The van der Waals surface area contributed by atoms with Gasteiger partial charge in [-0.3, -0.25) is 9.78 Å². The number of carbonyl (C=O) groups excluding carboxylic acids is 1. The van der Waals surface area contributed by atoms with Crippen LogP contribution < -0.4 is 5.32 Å². The number of amides is 1. The third-order valence-corrected chi connectivity index (χ3v) is 4.29. The van der Waals surface area contributed by atoms with Gasteiger partial charge in [0.15, 0.2) is 0 Å². The van der Waals surface area contributed by atoms with Gasteiger partial charge in [-0.1, -0.05) is 35.9 Å². The van der Waals surface area contributed by atoms with Gasteiger partial charge in [-0.25, -0.2) is 0 Å². The molecular formula is C21H26N4O5. The van der Waals surface area contributed by atoms with E-state index in [0.29, 0.717) is 29.7 Å². The molecule has 9 heteroatoms. The summed E-state index contributed by atoms with van der Waals surface area (Å²) in [6, 6.07) is 0. The van der Waals surface area contributed by atoms with Crippen LogP contribution in [0.5, 0.6) is 5.75 Å². The Labute approximate surface area is 174 Å². The summed E-state index contributed by atoms with van der Waals surface area (Å²) in [6.07, 6.45) is 10.1. The Balaban J connectivity index is 2.78. The van der Waals surface area contributed by atoms with Gasteiger partial charge in [-0.2, -0.15) is 4.91 Å². The lowest BCUT2D eigenvalue weighted by Gasteiger charge is -2.11. The van der Waals surface area contributed by atoms with Crippen LogP contribution in [0, 0.1) is 16.7 Å². The van der Waals surface area contributed by atoms with E-state index in [1.54, 1.807) is 19.9 Å². The Morgan fingerprint density at radius 3 is 2.60 bits per heavy atom. The number of aliphatic hydroxyl groups is 1. The standard InChI is InChI=1S/C21H26N4O5/c1-4-15(7-6-8-19(26)18(5-2)25-30)9-10-20(27)23-13-17-16(12-24-29)11-22-14(3)21(17)28/h5,7-11,26,28H,4,6,12-13H2,1-3H3,(H,23,27)/b10-9+,15-7+,18-5+,19-8+. The van der Waals surface area contributed by atoms with Crippen LogP contribution in [0.25, 0.3) is 0 Å². The third kappa shape index (κ3) is 7.42. The van der Waals surface area contributed by atoms with Crippen LogP contribution in [0.15, 0.2) is 64.0 Å². The molecule has 0 aliphatic carbocycles. The van der Waals surface area contributed by atoms with Crippen LogP contribution in [0.1, 0.15) is 43.5 Å². The van der Waals surface area contributed by atoms with Crippen molar-refractivity contribution < 1.29 is 15.0 Å². The van der Waals surface area contributed by atoms with E-state index in [1.165, 1.54) is 24.4 Å². The monoisotopic (exact) mass is 414 g/mol. The Bertz CT molecular complexity index is 901. The van der Waals surface area contributed by atoms with Crippen LogP contribution in [0.3, 0.4) is 0 Å². The molecule has 0 saturated carbocycles. The molecule has 1 amide bonds. The zero-order valence-electron chi connectivity index (χ0n) is 17.3. The molecule has 1 rings (SSSR count). The summed E-state index contributed by atoms with van der Waals surface area (Å²) in [5.41, 5.74) is 2.06. The number of carbonyl (C=O) groups is 1. The highest BCUT2D eigenvalue weighted by molar-refractivity contribution is 5.88. The average Bonchev–Trinajstić information content (AvgIpc) is 2.73. The van der Waals surface area contributed by atoms with Crippen molar-refractivity contribution in [1.29, 1.82) is 0 Å². The zero-order chi connectivity index (χ0) is 22.5. The largest absolute Gasteiger partial charge is 0.506 e. The van der Waals surface area contributed by atoms with E-state index in [9.17, 15) is 24.8 Å². The third-order valence-electron chi connectivity index (χ3n) is 4.29. The van der Waals surface area contributed by atoms with E-state index in [2.05, 4.69) is 20.7 Å². The minimum Gasteiger partial charge on any atom is -0.506 e. The van der Waals surface area contributed by atoms with Gasteiger partial charge in [0, 0.05) is 29.9 Å². The van der Waals surface area contributed by atoms with Gasteiger partial charge in [0.2, 0.25) is 5.91 Å². The number of hydrogen-bond donors (Lipinski definition) is 3. The molecule has 9 nitrogen and oxygen atoms in total. The fourth-order valence-corrected chi connectivity index (χ4v) is 2.51. The Morgan fingerprint density at radius 2 is 2.00 bits per heavy atom. The maximum absolute atomic E-state index is 12.1. The van der Waals surface area contributed by atoms with Gasteiger partial charge >= 0.3 is 0 Å². The summed E-state index contributed by atoms with van der Waals surface area (Å²) in [5, 5.41) is 28.1. The van der Waals surface area contributed by atoms with Gasteiger partial charge in [0.1, 0.15) is 23.8 Å². The van der Waals surface area contributed by atoms with Crippen molar-refractivity contribution in [2.24, 2.45) is 10.4 Å². The first-order valence-electron chi connectivity index (χ1n) is 9.37. The van der Waals surface area contributed by atoms with Crippen molar-refractivity contribution in [3.05, 3.63) is 80.2 Å². The first-order chi connectivity index (χ1) is 14.4. The molecule has 0 aromatic carbocycles.